The average Bonchev–Trinajstić information content (AvgIpc) is 2.33. The van der Waals surface area contributed by atoms with Crippen LogP contribution in [-0.2, 0) is 23.2 Å². The maximum atomic E-state index is 11.7. The van der Waals surface area contributed by atoms with Crippen molar-refractivity contribution in [3.05, 3.63) is 24.3 Å². The minimum atomic E-state index is -1.85. The fraction of sp³-hybridized carbons (Fsp3) is 0.600. The predicted octanol–water partition coefficient (Wildman–Crippen LogP) is 3.15. The van der Waals surface area contributed by atoms with Crippen LogP contribution < -0.4 is 0 Å². The molecule has 0 aliphatic carbocycles. The molecule has 0 rings (SSSR count). The Morgan fingerprint density at radius 3 is 1.77 bits per heavy atom. The summed E-state index contributed by atoms with van der Waals surface area (Å²) >= 11 is 0. The van der Waals surface area contributed by atoms with Gasteiger partial charge in [-0.1, -0.05) is 13.2 Å². The van der Waals surface area contributed by atoms with Gasteiger partial charge in [0.05, 0.1) is 0 Å². The summed E-state index contributed by atoms with van der Waals surface area (Å²) in [7, 11) is -2.98. The molecule has 0 radical (unpaired) electrons. The van der Waals surface area contributed by atoms with Gasteiger partial charge >= 0.3 is 11.9 Å². The van der Waals surface area contributed by atoms with Crippen LogP contribution in [0.1, 0.15) is 20.3 Å². The van der Waals surface area contributed by atoms with Gasteiger partial charge in [-0.15, -0.1) is 0 Å². The Hall–Kier alpha value is -1.19. The molecule has 0 bridgehead atoms. The van der Waals surface area contributed by atoms with E-state index in [2.05, 4.69) is 39.3 Å². The number of carbonyl (C=O) groups is 2. The second-order valence-corrected chi connectivity index (χ2v) is 13.3. The molecular formula is C15H28O5Si2. The lowest BCUT2D eigenvalue weighted by molar-refractivity contribution is -0.182. The highest BCUT2D eigenvalue weighted by molar-refractivity contribution is 6.77. The molecule has 0 saturated carbocycles. The third kappa shape index (κ3) is 8.96. The van der Waals surface area contributed by atoms with E-state index >= 15 is 0 Å². The van der Waals surface area contributed by atoms with Crippen LogP contribution in [0.3, 0.4) is 0 Å². The summed E-state index contributed by atoms with van der Waals surface area (Å²) in [6, 6.07) is 0.732. The molecule has 22 heavy (non-hydrogen) atoms. The predicted molar refractivity (Wildman–Crippen MR) is 92.5 cm³/mol. The number of hydrogen-bond acceptors (Lipinski definition) is 5. The van der Waals surface area contributed by atoms with Gasteiger partial charge in [-0.25, -0.2) is 9.59 Å². The van der Waals surface area contributed by atoms with Gasteiger partial charge in [-0.05, 0) is 46.1 Å². The van der Waals surface area contributed by atoms with E-state index in [0.29, 0.717) is 6.42 Å². The first kappa shape index (κ1) is 20.8. The Labute approximate surface area is 136 Å². The zero-order valence-corrected chi connectivity index (χ0v) is 16.7. The van der Waals surface area contributed by atoms with Crippen molar-refractivity contribution >= 4 is 29.3 Å². The van der Waals surface area contributed by atoms with Crippen LogP contribution >= 0.6 is 0 Å². The molecule has 0 aliphatic heterocycles. The number of ether oxygens (including phenoxy) is 2. The molecule has 0 amide bonds. The summed E-state index contributed by atoms with van der Waals surface area (Å²) in [5, 5.41) is 0. The maximum Gasteiger partial charge on any atom is 0.336 e. The van der Waals surface area contributed by atoms with Crippen molar-refractivity contribution in [2.45, 2.75) is 58.8 Å². The summed E-state index contributed by atoms with van der Waals surface area (Å²) in [5.41, 5.74) is 0.525. The first-order valence-electron chi connectivity index (χ1n) is 7.35. The molecule has 0 aromatic rings. The van der Waals surface area contributed by atoms with E-state index in [1.54, 1.807) is 13.8 Å². The number of hydrogen-bond donors (Lipinski definition) is 0. The van der Waals surface area contributed by atoms with E-state index in [4.69, 9.17) is 13.6 Å². The molecule has 7 heteroatoms. The third-order valence-electron chi connectivity index (χ3n) is 2.71. The Balaban J connectivity index is 4.78. The van der Waals surface area contributed by atoms with Crippen molar-refractivity contribution in [2.75, 3.05) is 0 Å². The Morgan fingerprint density at radius 1 is 1.05 bits per heavy atom. The summed E-state index contributed by atoms with van der Waals surface area (Å²) < 4.78 is 16.4. The van der Waals surface area contributed by atoms with Crippen molar-refractivity contribution in [3.8, 4) is 0 Å². The standard InChI is InChI=1S/C15H28O5Si2/c1-11(2)14(16)18-13(19-15(17)12(3)4)9-10-22(7,8)20-21(5)6/h13,21H,1,3,9-10H2,2,4-8H3. The van der Waals surface area contributed by atoms with Gasteiger partial charge in [-0.3, -0.25) is 0 Å². The second-order valence-electron chi connectivity index (χ2n) is 6.27. The topological polar surface area (TPSA) is 61.8 Å². The molecule has 0 aliphatic rings. The molecule has 0 unspecified atom stereocenters. The van der Waals surface area contributed by atoms with Crippen LogP contribution in [0, 0.1) is 0 Å². The van der Waals surface area contributed by atoms with Crippen molar-refractivity contribution in [1.29, 1.82) is 0 Å². The fourth-order valence-corrected chi connectivity index (χ4v) is 8.25. The average molecular weight is 345 g/mol. The van der Waals surface area contributed by atoms with Gasteiger partial charge in [0.15, 0.2) is 17.4 Å². The van der Waals surface area contributed by atoms with E-state index < -0.39 is 35.6 Å². The zero-order valence-electron chi connectivity index (χ0n) is 14.5. The van der Waals surface area contributed by atoms with Gasteiger partial charge in [0.2, 0.25) is 6.29 Å². The van der Waals surface area contributed by atoms with Gasteiger partial charge in [0, 0.05) is 17.6 Å². The highest BCUT2D eigenvalue weighted by Gasteiger charge is 2.28. The van der Waals surface area contributed by atoms with Crippen LogP contribution in [0.5, 0.6) is 0 Å². The maximum absolute atomic E-state index is 11.7. The van der Waals surface area contributed by atoms with Gasteiger partial charge < -0.3 is 13.6 Å². The highest BCUT2D eigenvalue weighted by atomic mass is 28.4. The molecule has 0 heterocycles. The van der Waals surface area contributed by atoms with Crippen molar-refractivity contribution in [1.82, 2.24) is 0 Å². The van der Waals surface area contributed by atoms with E-state index in [1.165, 1.54) is 0 Å². The van der Waals surface area contributed by atoms with Crippen LogP contribution in [-0.4, -0.2) is 35.6 Å². The minimum absolute atomic E-state index is 0.263. The summed E-state index contributed by atoms with van der Waals surface area (Å²) in [5.74, 6) is -1.14. The fourth-order valence-electron chi connectivity index (χ4n) is 1.74. The van der Waals surface area contributed by atoms with Gasteiger partial charge in [0.25, 0.3) is 0 Å². The van der Waals surface area contributed by atoms with Gasteiger partial charge in [0.1, 0.15) is 0 Å². The second kappa shape index (κ2) is 9.07. The first-order valence-corrected chi connectivity index (χ1v) is 13.2. The summed E-state index contributed by atoms with van der Waals surface area (Å²) in [6.07, 6.45) is -0.518. The smallest absolute Gasteiger partial charge is 0.336 e. The molecular weight excluding hydrogens is 316 g/mol. The molecule has 0 saturated heterocycles. The monoisotopic (exact) mass is 344 g/mol. The molecule has 0 N–H and O–H groups in total. The van der Waals surface area contributed by atoms with Crippen LogP contribution in [0.25, 0.3) is 0 Å². The highest BCUT2D eigenvalue weighted by Crippen LogP contribution is 2.19. The van der Waals surface area contributed by atoms with E-state index in [1.807, 2.05) is 0 Å². The quantitative estimate of drug-likeness (QED) is 0.278. The lowest BCUT2D eigenvalue weighted by Gasteiger charge is -2.27. The molecule has 0 aromatic heterocycles. The van der Waals surface area contributed by atoms with Crippen molar-refractivity contribution in [3.63, 3.8) is 0 Å². The first-order chi connectivity index (χ1) is 9.94. The van der Waals surface area contributed by atoms with Crippen LogP contribution in [0.15, 0.2) is 24.3 Å². The Bertz CT molecular complexity index is 415. The SMILES string of the molecule is C=C(C)C(=O)OC(CC[Si](C)(C)O[SiH](C)C)OC(=O)C(=C)C. The van der Waals surface area contributed by atoms with E-state index in [0.717, 1.165) is 6.04 Å². The minimum Gasteiger partial charge on any atom is -0.458 e. The Kier molecular flexibility index (Phi) is 8.58. The van der Waals surface area contributed by atoms with Crippen LogP contribution in [0.4, 0.5) is 0 Å². The third-order valence-corrected chi connectivity index (χ3v) is 8.64. The normalized spacial score (nSPS) is 11.5. The molecule has 0 spiro atoms. The Morgan fingerprint density at radius 2 is 1.45 bits per heavy atom. The summed E-state index contributed by atoms with van der Waals surface area (Å²) in [4.78, 5) is 23.3. The lowest BCUT2D eigenvalue weighted by Crippen LogP contribution is -2.37. The van der Waals surface area contributed by atoms with Crippen molar-refractivity contribution in [2.24, 2.45) is 0 Å². The number of esters is 2. The zero-order chi connectivity index (χ0) is 17.5. The lowest BCUT2D eigenvalue weighted by atomic mass is 10.3. The van der Waals surface area contributed by atoms with Crippen molar-refractivity contribution < 1.29 is 23.2 Å². The van der Waals surface area contributed by atoms with Gasteiger partial charge in [-0.2, -0.15) is 0 Å². The molecule has 126 valence electrons. The largest absolute Gasteiger partial charge is 0.458 e. The summed E-state index contributed by atoms with van der Waals surface area (Å²) in [6.45, 7) is 18.6. The van der Waals surface area contributed by atoms with E-state index in [-0.39, 0.29) is 11.1 Å². The van der Waals surface area contributed by atoms with Crippen LogP contribution in [0.2, 0.25) is 32.2 Å². The number of carbonyl (C=O) groups excluding carboxylic acids is 2. The molecule has 0 atom stereocenters. The number of rotatable bonds is 9. The molecule has 0 aromatic carbocycles. The molecule has 5 nitrogen and oxygen atoms in total. The van der Waals surface area contributed by atoms with E-state index in [9.17, 15) is 9.59 Å². The molecule has 0 fully saturated rings.